The van der Waals surface area contributed by atoms with Crippen molar-refractivity contribution in [2.45, 2.75) is 35.0 Å². The van der Waals surface area contributed by atoms with E-state index in [1.54, 1.807) is 13.0 Å². The number of nitrogens with one attached hydrogen (secondary N) is 1. The zero-order valence-electron chi connectivity index (χ0n) is 10.5. The minimum absolute atomic E-state index is 0.0148. The van der Waals surface area contributed by atoms with Crippen molar-refractivity contribution in [3.05, 3.63) is 18.2 Å². The van der Waals surface area contributed by atoms with Crippen molar-refractivity contribution in [1.82, 2.24) is 4.72 Å². The summed E-state index contributed by atoms with van der Waals surface area (Å²) in [4.78, 5) is 0.898. The third-order valence-electron chi connectivity index (χ3n) is 2.55. The van der Waals surface area contributed by atoms with Gasteiger partial charge in [-0.3, -0.25) is 0 Å². The molecule has 0 saturated heterocycles. The van der Waals surface area contributed by atoms with Crippen LogP contribution in [0.4, 0.5) is 5.69 Å². The highest BCUT2D eigenvalue weighted by Crippen LogP contribution is 2.31. The summed E-state index contributed by atoms with van der Waals surface area (Å²) in [5.74, 6) is 0. The monoisotopic (exact) mass is 290 g/mol. The molecule has 0 heterocycles. The highest BCUT2D eigenvalue weighted by Gasteiger charge is 2.16. The molecule has 0 aliphatic rings. The third-order valence-corrected chi connectivity index (χ3v) is 5.36. The Balaban J connectivity index is 3.01. The number of aliphatic hydroxyl groups excluding tert-OH is 1. The summed E-state index contributed by atoms with van der Waals surface area (Å²) in [5, 5.41) is 9.41. The van der Waals surface area contributed by atoms with Crippen LogP contribution in [-0.4, -0.2) is 31.9 Å². The Bertz CT molecular complexity index is 515. The Kier molecular flexibility index (Phi) is 5.03. The highest BCUT2D eigenvalue weighted by atomic mass is 32.2. The lowest BCUT2D eigenvalue weighted by atomic mass is 10.3. The standard InChI is InChI=1S/C11H18N2O3S2/c1-7(14)8(2)17-11-5-4-9(6-10(11)12)18(15,16)13-3/h4-8,13-14H,12H2,1-3H3. The number of anilines is 1. The Morgan fingerprint density at radius 3 is 2.44 bits per heavy atom. The molecule has 0 fully saturated rings. The molecule has 1 aromatic rings. The molecule has 0 aliphatic heterocycles. The van der Waals surface area contributed by atoms with Gasteiger partial charge in [-0.2, -0.15) is 0 Å². The maximum absolute atomic E-state index is 11.6. The molecule has 0 amide bonds. The zero-order valence-corrected chi connectivity index (χ0v) is 12.2. The molecule has 1 rings (SSSR count). The molecule has 0 spiro atoms. The number of rotatable bonds is 5. The van der Waals surface area contributed by atoms with Gasteiger partial charge in [-0.05, 0) is 32.2 Å². The van der Waals surface area contributed by atoms with Gasteiger partial charge >= 0.3 is 0 Å². The number of sulfonamides is 1. The molecule has 2 unspecified atom stereocenters. The van der Waals surface area contributed by atoms with Crippen LogP contribution in [-0.2, 0) is 10.0 Å². The number of nitrogen functional groups attached to an aromatic ring is 1. The fourth-order valence-electron chi connectivity index (χ4n) is 1.22. The second-order valence-corrected chi connectivity index (χ2v) is 7.28. The molecule has 18 heavy (non-hydrogen) atoms. The SMILES string of the molecule is CNS(=O)(=O)c1ccc(SC(C)C(C)O)c(N)c1. The first kappa shape index (κ1) is 15.3. The van der Waals surface area contributed by atoms with Crippen LogP contribution in [0.3, 0.4) is 0 Å². The second-order valence-electron chi connectivity index (χ2n) is 3.97. The van der Waals surface area contributed by atoms with Crippen molar-refractivity contribution < 1.29 is 13.5 Å². The first-order valence-electron chi connectivity index (χ1n) is 5.45. The molecule has 2 atom stereocenters. The first-order valence-corrected chi connectivity index (χ1v) is 7.82. The summed E-state index contributed by atoms with van der Waals surface area (Å²) >= 11 is 1.41. The number of nitrogens with two attached hydrogens (primary N) is 1. The van der Waals surface area contributed by atoms with E-state index in [0.29, 0.717) is 5.69 Å². The summed E-state index contributed by atoms with van der Waals surface area (Å²) in [6.45, 7) is 3.58. The summed E-state index contributed by atoms with van der Waals surface area (Å²) < 4.78 is 25.4. The molecule has 1 aromatic carbocycles. The molecule has 5 nitrogen and oxygen atoms in total. The van der Waals surface area contributed by atoms with Gasteiger partial charge < -0.3 is 10.8 Å². The molecule has 0 aliphatic carbocycles. The molecule has 0 bridgehead atoms. The number of hydrogen-bond donors (Lipinski definition) is 3. The van der Waals surface area contributed by atoms with Gasteiger partial charge in [0.05, 0.1) is 11.0 Å². The number of benzene rings is 1. The van der Waals surface area contributed by atoms with Gasteiger partial charge in [-0.25, -0.2) is 13.1 Å². The predicted octanol–water partition coefficient (Wildman–Crippen LogP) is 1.04. The Morgan fingerprint density at radius 1 is 1.39 bits per heavy atom. The van der Waals surface area contributed by atoms with Crippen molar-refractivity contribution in [1.29, 1.82) is 0 Å². The van der Waals surface area contributed by atoms with Gasteiger partial charge in [-0.1, -0.05) is 6.92 Å². The molecular formula is C11H18N2O3S2. The Labute approximate surface area is 112 Å². The maximum Gasteiger partial charge on any atom is 0.240 e. The van der Waals surface area contributed by atoms with Crippen molar-refractivity contribution in [2.24, 2.45) is 0 Å². The van der Waals surface area contributed by atoms with E-state index in [0.717, 1.165) is 4.90 Å². The average Bonchev–Trinajstić information content (AvgIpc) is 2.31. The number of hydrogen-bond acceptors (Lipinski definition) is 5. The van der Waals surface area contributed by atoms with Gasteiger partial charge in [0.15, 0.2) is 0 Å². The van der Waals surface area contributed by atoms with Crippen molar-refractivity contribution in [3.8, 4) is 0 Å². The maximum atomic E-state index is 11.6. The largest absolute Gasteiger partial charge is 0.398 e. The minimum atomic E-state index is -3.47. The van der Waals surface area contributed by atoms with Crippen LogP contribution >= 0.6 is 11.8 Å². The molecule has 0 aromatic heterocycles. The summed E-state index contributed by atoms with van der Waals surface area (Å²) in [6, 6.07) is 4.57. The quantitative estimate of drug-likeness (QED) is 0.556. The van der Waals surface area contributed by atoms with Crippen molar-refractivity contribution in [2.75, 3.05) is 12.8 Å². The van der Waals surface area contributed by atoms with E-state index in [4.69, 9.17) is 5.73 Å². The predicted molar refractivity (Wildman–Crippen MR) is 74.1 cm³/mol. The topological polar surface area (TPSA) is 92.4 Å². The van der Waals surface area contributed by atoms with Crippen molar-refractivity contribution in [3.63, 3.8) is 0 Å². The van der Waals surface area contributed by atoms with E-state index in [1.165, 1.54) is 30.9 Å². The average molecular weight is 290 g/mol. The Morgan fingerprint density at radius 2 is 2.00 bits per heavy atom. The fourth-order valence-corrected chi connectivity index (χ4v) is 2.92. The van der Waals surface area contributed by atoms with Gasteiger partial charge in [0.2, 0.25) is 10.0 Å². The van der Waals surface area contributed by atoms with Crippen LogP contribution in [0.15, 0.2) is 28.0 Å². The zero-order chi connectivity index (χ0) is 13.9. The van der Waals surface area contributed by atoms with E-state index in [-0.39, 0.29) is 10.1 Å². The highest BCUT2D eigenvalue weighted by molar-refractivity contribution is 8.00. The molecular weight excluding hydrogens is 272 g/mol. The van der Waals surface area contributed by atoms with Crippen molar-refractivity contribution >= 4 is 27.5 Å². The van der Waals surface area contributed by atoms with Gasteiger partial charge in [0.1, 0.15) is 0 Å². The van der Waals surface area contributed by atoms with E-state index < -0.39 is 16.1 Å². The summed E-state index contributed by atoms with van der Waals surface area (Å²) in [5.41, 5.74) is 6.22. The lowest BCUT2D eigenvalue weighted by molar-refractivity contribution is 0.196. The molecule has 7 heteroatoms. The van der Waals surface area contributed by atoms with Gasteiger partial charge in [-0.15, -0.1) is 11.8 Å². The minimum Gasteiger partial charge on any atom is -0.398 e. The fraction of sp³-hybridized carbons (Fsp3) is 0.455. The lowest BCUT2D eigenvalue weighted by Crippen LogP contribution is -2.19. The molecule has 4 N–H and O–H groups in total. The molecule has 0 saturated carbocycles. The number of aliphatic hydroxyl groups is 1. The van der Waals surface area contributed by atoms with E-state index in [1.807, 2.05) is 6.92 Å². The van der Waals surface area contributed by atoms with Gasteiger partial charge in [0, 0.05) is 15.8 Å². The van der Waals surface area contributed by atoms with Crippen LogP contribution in [0, 0.1) is 0 Å². The van der Waals surface area contributed by atoms with Crippen LogP contribution in [0.5, 0.6) is 0 Å². The van der Waals surface area contributed by atoms with E-state index in [9.17, 15) is 13.5 Å². The van der Waals surface area contributed by atoms with Gasteiger partial charge in [0.25, 0.3) is 0 Å². The van der Waals surface area contributed by atoms with Crippen LogP contribution < -0.4 is 10.5 Å². The Hall–Kier alpha value is -0.760. The lowest BCUT2D eigenvalue weighted by Gasteiger charge is -2.15. The first-order chi connectivity index (χ1) is 8.27. The molecule has 0 radical (unpaired) electrons. The second kappa shape index (κ2) is 5.92. The van der Waals surface area contributed by atoms with Crippen LogP contribution in [0.25, 0.3) is 0 Å². The molecule has 102 valence electrons. The van der Waals surface area contributed by atoms with E-state index >= 15 is 0 Å². The summed E-state index contributed by atoms with van der Waals surface area (Å²) in [7, 11) is -2.12. The summed E-state index contributed by atoms with van der Waals surface area (Å²) in [6.07, 6.45) is -0.463. The normalized spacial score (nSPS) is 15.3. The third kappa shape index (κ3) is 3.61. The number of thioether (sulfide) groups is 1. The van der Waals surface area contributed by atoms with Crippen LogP contribution in [0.1, 0.15) is 13.8 Å². The van der Waals surface area contributed by atoms with E-state index in [2.05, 4.69) is 4.72 Å². The van der Waals surface area contributed by atoms with Crippen LogP contribution in [0.2, 0.25) is 0 Å². The smallest absolute Gasteiger partial charge is 0.240 e.